The fourth-order valence-corrected chi connectivity index (χ4v) is 2.25. The fourth-order valence-electron chi connectivity index (χ4n) is 1.63. The molecule has 2 atom stereocenters. The van der Waals surface area contributed by atoms with Crippen LogP contribution in [0.4, 0.5) is 0 Å². The van der Waals surface area contributed by atoms with E-state index in [9.17, 15) is 9.59 Å². The van der Waals surface area contributed by atoms with Gasteiger partial charge in [0, 0.05) is 23.3 Å². The van der Waals surface area contributed by atoms with Crippen molar-refractivity contribution in [2.75, 3.05) is 0 Å². The minimum absolute atomic E-state index is 0.137. The van der Waals surface area contributed by atoms with Crippen molar-refractivity contribution in [2.45, 2.75) is 61.9 Å². The average molecular weight is 294 g/mol. The van der Waals surface area contributed by atoms with E-state index in [0.29, 0.717) is 12.8 Å². The van der Waals surface area contributed by atoms with E-state index in [4.69, 9.17) is 10.2 Å². The maximum atomic E-state index is 10.4. The van der Waals surface area contributed by atoms with Crippen molar-refractivity contribution < 1.29 is 19.8 Å². The third-order valence-corrected chi connectivity index (χ3v) is 3.74. The molecule has 0 amide bonds. The number of aliphatic carboxylic acids is 2. The summed E-state index contributed by atoms with van der Waals surface area (Å²) in [6.45, 7) is 0. The Labute approximate surface area is 119 Å². The number of carboxylic acids is 2. The average Bonchev–Trinajstić information content (AvgIpc) is 2.29. The van der Waals surface area contributed by atoms with Crippen molar-refractivity contribution in [1.29, 1.82) is 0 Å². The lowest BCUT2D eigenvalue weighted by atomic mass is 10.1. The zero-order chi connectivity index (χ0) is 14.0. The Morgan fingerprint density at radius 1 is 0.778 bits per heavy atom. The minimum atomic E-state index is -0.779. The van der Waals surface area contributed by atoms with Gasteiger partial charge in [-0.15, -0.1) is 0 Å². The van der Waals surface area contributed by atoms with E-state index in [1.54, 1.807) is 0 Å². The van der Waals surface area contributed by atoms with Gasteiger partial charge in [-0.05, 0) is 25.7 Å². The number of carbonyl (C=O) groups is 2. The first-order valence-electron chi connectivity index (χ1n) is 6.21. The molecule has 0 radical (unpaired) electrons. The third-order valence-electron chi connectivity index (χ3n) is 2.71. The molecule has 0 saturated heterocycles. The van der Waals surface area contributed by atoms with Crippen LogP contribution in [-0.4, -0.2) is 32.7 Å². The van der Waals surface area contributed by atoms with Crippen LogP contribution in [0, 0.1) is 0 Å². The van der Waals surface area contributed by atoms with E-state index in [-0.39, 0.29) is 23.3 Å². The molecule has 0 aliphatic rings. The maximum absolute atomic E-state index is 10.4. The molecule has 0 rings (SSSR count). The van der Waals surface area contributed by atoms with Crippen LogP contribution in [0.5, 0.6) is 0 Å². The first-order chi connectivity index (χ1) is 8.41. The summed E-state index contributed by atoms with van der Waals surface area (Å²) < 4.78 is 0. The molecule has 0 bridgehead atoms. The predicted octanol–water partition coefficient (Wildman–Crippen LogP) is 2.87. The molecule has 0 aromatic rings. The van der Waals surface area contributed by atoms with Crippen LogP contribution in [0.3, 0.4) is 0 Å². The molecule has 0 aromatic heterocycles. The van der Waals surface area contributed by atoms with Gasteiger partial charge in [0.05, 0.1) is 0 Å². The molecule has 0 aliphatic heterocycles. The summed E-state index contributed by atoms with van der Waals surface area (Å²) in [6, 6.07) is 0. The number of hydrogen-bond acceptors (Lipinski definition) is 4. The number of thiol groups is 2. The summed E-state index contributed by atoms with van der Waals surface area (Å²) in [4.78, 5) is 20.7. The normalized spacial score (nSPS) is 14.1. The van der Waals surface area contributed by atoms with E-state index in [1.807, 2.05) is 0 Å². The molecule has 0 aliphatic carbocycles. The largest absolute Gasteiger partial charge is 0.481 e. The van der Waals surface area contributed by atoms with Crippen LogP contribution in [0.25, 0.3) is 0 Å². The standard InChI is InChI=1S/C12H22O4S2/c13-11(14)7-5-9(17)3-1-2-4-10(18)6-8-12(15)16/h9-10,17-18H,1-8H2,(H,13,14)(H,15,16). The monoisotopic (exact) mass is 294 g/mol. The highest BCUT2D eigenvalue weighted by atomic mass is 32.1. The molecule has 4 nitrogen and oxygen atoms in total. The molecular formula is C12H22O4S2. The predicted molar refractivity (Wildman–Crippen MR) is 77.8 cm³/mol. The molecule has 2 unspecified atom stereocenters. The summed E-state index contributed by atoms with van der Waals surface area (Å²) in [7, 11) is 0. The van der Waals surface area contributed by atoms with Gasteiger partial charge in [0.25, 0.3) is 0 Å². The number of hydrogen-bond donors (Lipinski definition) is 4. The van der Waals surface area contributed by atoms with Crippen molar-refractivity contribution in [3.05, 3.63) is 0 Å². The Bertz CT molecular complexity index is 232. The Hall–Kier alpha value is -0.360. The highest BCUT2D eigenvalue weighted by molar-refractivity contribution is 7.81. The van der Waals surface area contributed by atoms with Crippen molar-refractivity contribution >= 4 is 37.2 Å². The van der Waals surface area contributed by atoms with E-state index >= 15 is 0 Å². The van der Waals surface area contributed by atoms with Crippen LogP contribution in [0.1, 0.15) is 51.4 Å². The summed E-state index contributed by atoms with van der Waals surface area (Å²) in [6.07, 6.45) is 5.30. The zero-order valence-electron chi connectivity index (χ0n) is 10.4. The van der Waals surface area contributed by atoms with Crippen LogP contribution < -0.4 is 0 Å². The Balaban J connectivity index is 3.43. The van der Waals surface area contributed by atoms with Gasteiger partial charge >= 0.3 is 11.9 Å². The quantitative estimate of drug-likeness (QED) is 0.349. The highest BCUT2D eigenvalue weighted by Crippen LogP contribution is 2.17. The molecule has 0 spiro atoms. The Morgan fingerprint density at radius 3 is 1.39 bits per heavy atom. The van der Waals surface area contributed by atoms with Crippen LogP contribution in [0.2, 0.25) is 0 Å². The Morgan fingerprint density at radius 2 is 1.11 bits per heavy atom. The third kappa shape index (κ3) is 12.1. The molecule has 0 fully saturated rings. The molecule has 2 N–H and O–H groups in total. The van der Waals surface area contributed by atoms with Crippen molar-refractivity contribution in [3.63, 3.8) is 0 Å². The van der Waals surface area contributed by atoms with Crippen molar-refractivity contribution in [1.82, 2.24) is 0 Å². The smallest absolute Gasteiger partial charge is 0.303 e. The second kappa shape index (κ2) is 10.6. The summed E-state index contributed by atoms with van der Waals surface area (Å²) >= 11 is 8.67. The fraction of sp³-hybridized carbons (Fsp3) is 0.833. The lowest BCUT2D eigenvalue weighted by Crippen LogP contribution is -2.06. The lowest BCUT2D eigenvalue weighted by Gasteiger charge is -2.11. The molecule has 106 valence electrons. The molecule has 0 heterocycles. The molecule has 0 aromatic carbocycles. The number of unbranched alkanes of at least 4 members (excludes halogenated alkanes) is 1. The first-order valence-corrected chi connectivity index (χ1v) is 7.24. The van der Waals surface area contributed by atoms with Crippen LogP contribution in [-0.2, 0) is 9.59 Å². The lowest BCUT2D eigenvalue weighted by molar-refractivity contribution is -0.138. The molecule has 6 heteroatoms. The second-order valence-electron chi connectivity index (χ2n) is 4.46. The van der Waals surface area contributed by atoms with E-state index < -0.39 is 11.9 Å². The maximum Gasteiger partial charge on any atom is 0.303 e. The topological polar surface area (TPSA) is 74.6 Å². The van der Waals surface area contributed by atoms with Gasteiger partial charge in [-0.25, -0.2) is 0 Å². The van der Waals surface area contributed by atoms with Crippen molar-refractivity contribution in [3.8, 4) is 0 Å². The van der Waals surface area contributed by atoms with E-state index in [1.165, 1.54) is 0 Å². The summed E-state index contributed by atoms with van der Waals surface area (Å²) in [5.74, 6) is -1.56. The molecule has 18 heavy (non-hydrogen) atoms. The van der Waals surface area contributed by atoms with E-state index in [0.717, 1.165) is 25.7 Å². The summed E-state index contributed by atoms with van der Waals surface area (Å²) in [5.41, 5.74) is 0. The van der Waals surface area contributed by atoms with Gasteiger partial charge in [0.2, 0.25) is 0 Å². The van der Waals surface area contributed by atoms with Crippen LogP contribution in [0.15, 0.2) is 0 Å². The van der Waals surface area contributed by atoms with Gasteiger partial charge in [-0.2, -0.15) is 25.3 Å². The number of rotatable bonds is 11. The van der Waals surface area contributed by atoms with Gasteiger partial charge in [-0.1, -0.05) is 12.8 Å². The zero-order valence-corrected chi connectivity index (χ0v) is 12.2. The van der Waals surface area contributed by atoms with Gasteiger partial charge in [-0.3, -0.25) is 9.59 Å². The summed E-state index contributed by atoms with van der Waals surface area (Å²) in [5, 5.41) is 17.3. The first kappa shape index (κ1) is 17.6. The number of carboxylic acid groups (broad SMARTS) is 2. The SMILES string of the molecule is O=C(O)CCC(S)CCCCC(S)CCC(=O)O. The second-order valence-corrected chi connectivity index (χ2v) is 5.92. The Kier molecular flexibility index (Phi) is 10.3. The minimum Gasteiger partial charge on any atom is -0.481 e. The van der Waals surface area contributed by atoms with Gasteiger partial charge in [0.1, 0.15) is 0 Å². The van der Waals surface area contributed by atoms with E-state index in [2.05, 4.69) is 25.3 Å². The molecular weight excluding hydrogens is 272 g/mol. The van der Waals surface area contributed by atoms with Crippen LogP contribution >= 0.6 is 25.3 Å². The van der Waals surface area contributed by atoms with Gasteiger partial charge < -0.3 is 10.2 Å². The van der Waals surface area contributed by atoms with Gasteiger partial charge in [0.15, 0.2) is 0 Å². The van der Waals surface area contributed by atoms with Crippen molar-refractivity contribution in [2.24, 2.45) is 0 Å². The highest BCUT2D eigenvalue weighted by Gasteiger charge is 2.08. The molecule has 0 saturated carbocycles.